The van der Waals surface area contributed by atoms with Crippen LogP contribution < -0.4 is 11.5 Å². The zero-order chi connectivity index (χ0) is 14.8. The monoisotopic (exact) mass is 339 g/mol. The number of nitrogens with zero attached hydrogens (tertiary/aromatic N) is 1. The van der Waals surface area contributed by atoms with Gasteiger partial charge in [-0.05, 0) is 49.9 Å². The first kappa shape index (κ1) is 15.5. The molecule has 0 radical (unpaired) electrons. The van der Waals surface area contributed by atoms with Crippen molar-refractivity contribution in [3.8, 4) is 0 Å². The molecule has 5 heteroatoms. The van der Waals surface area contributed by atoms with Crippen LogP contribution in [0.15, 0.2) is 28.7 Å². The van der Waals surface area contributed by atoms with Gasteiger partial charge < -0.3 is 16.4 Å². The van der Waals surface area contributed by atoms with Gasteiger partial charge in [-0.1, -0.05) is 28.1 Å². The Morgan fingerprint density at radius 1 is 1.45 bits per heavy atom. The Kier molecular flexibility index (Phi) is 4.83. The molecule has 0 aliphatic carbocycles. The molecule has 2 rings (SSSR count). The Bertz CT molecular complexity index is 473. The predicted molar refractivity (Wildman–Crippen MR) is 84.0 cm³/mol. The first-order chi connectivity index (χ1) is 9.45. The minimum atomic E-state index is -0.989. The summed E-state index contributed by atoms with van der Waals surface area (Å²) in [5.41, 5.74) is 11.9. The van der Waals surface area contributed by atoms with E-state index in [1.165, 1.54) is 0 Å². The van der Waals surface area contributed by atoms with Gasteiger partial charge in [0.15, 0.2) is 0 Å². The maximum absolute atomic E-state index is 12.7. The van der Waals surface area contributed by atoms with Crippen LogP contribution in [0.4, 0.5) is 0 Å². The predicted octanol–water partition coefficient (Wildman–Crippen LogP) is 1.82. The van der Waals surface area contributed by atoms with Gasteiger partial charge in [0.1, 0.15) is 5.54 Å². The first-order valence-corrected chi connectivity index (χ1v) is 7.79. The SMILES string of the molecule is CC(N)(C(=O)N1CCCC(CN)C1)c1ccc(Br)cc1. The molecule has 1 amide bonds. The fraction of sp³-hybridized carbons (Fsp3) is 0.533. The van der Waals surface area contributed by atoms with Crippen LogP contribution in [-0.2, 0) is 10.3 Å². The molecule has 110 valence electrons. The number of hydrogen-bond donors (Lipinski definition) is 2. The van der Waals surface area contributed by atoms with Gasteiger partial charge in [-0.2, -0.15) is 0 Å². The van der Waals surface area contributed by atoms with Crippen molar-refractivity contribution in [1.82, 2.24) is 4.90 Å². The lowest BCUT2D eigenvalue weighted by molar-refractivity contribution is -0.138. The van der Waals surface area contributed by atoms with Crippen molar-refractivity contribution in [3.05, 3.63) is 34.3 Å². The number of benzene rings is 1. The Morgan fingerprint density at radius 3 is 2.70 bits per heavy atom. The van der Waals surface area contributed by atoms with Crippen molar-refractivity contribution in [2.24, 2.45) is 17.4 Å². The van der Waals surface area contributed by atoms with Crippen molar-refractivity contribution in [2.45, 2.75) is 25.3 Å². The standard InChI is InChI=1S/C15H22BrN3O/c1-15(18,12-4-6-13(16)7-5-12)14(20)19-8-2-3-11(9-17)10-19/h4-7,11H,2-3,8-10,17-18H2,1H3. The molecule has 1 aliphatic heterocycles. The Hall–Kier alpha value is -0.910. The van der Waals surface area contributed by atoms with Crippen molar-refractivity contribution in [2.75, 3.05) is 19.6 Å². The lowest BCUT2D eigenvalue weighted by atomic mass is 9.89. The maximum atomic E-state index is 12.7. The normalized spacial score (nSPS) is 22.4. The van der Waals surface area contributed by atoms with Crippen LogP contribution in [0.1, 0.15) is 25.3 Å². The van der Waals surface area contributed by atoms with Crippen LogP contribution in [0.25, 0.3) is 0 Å². The number of amides is 1. The van der Waals surface area contributed by atoms with Crippen LogP contribution in [0, 0.1) is 5.92 Å². The summed E-state index contributed by atoms with van der Waals surface area (Å²) in [5.74, 6) is 0.381. The summed E-state index contributed by atoms with van der Waals surface area (Å²) in [4.78, 5) is 14.6. The highest BCUT2D eigenvalue weighted by atomic mass is 79.9. The molecular formula is C15H22BrN3O. The van der Waals surface area contributed by atoms with Gasteiger partial charge in [-0.3, -0.25) is 4.79 Å². The van der Waals surface area contributed by atoms with Crippen molar-refractivity contribution >= 4 is 21.8 Å². The van der Waals surface area contributed by atoms with E-state index in [1.54, 1.807) is 6.92 Å². The number of piperidine rings is 1. The van der Waals surface area contributed by atoms with Crippen LogP contribution in [0.3, 0.4) is 0 Å². The van der Waals surface area contributed by atoms with E-state index in [0.717, 1.165) is 36.0 Å². The van der Waals surface area contributed by atoms with E-state index < -0.39 is 5.54 Å². The van der Waals surface area contributed by atoms with Crippen LogP contribution >= 0.6 is 15.9 Å². The minimum absolute atomic E-state index is 0.0158. The van der Waals surface area contributed by atoms with Gasteiger partial charge in [-0.15, -0.1) is 0 Å². The third-order valence-electron chi connectivity index (χ3n) is 4.03. The minimum Gasteiger partial charge on any atom is -0.340 e. The molecule has 2 unspecified atom stereocenters. The van der Waals surface area contributed by atoms with Crippen molar-refractivity contribution in [3.63, 3.8) is 0 Å². The molecule has 1 saturated heterocycles. The van der Waals surface area contributed by atoms with Crippen LogP contribution in [0.5, 0.6) is 0 Å². The fourth-order valence-corrected chi connectivity index (χ4v) is 2.95. The van der Waals surface area contributed by atoms with Gasteiger partial charge in [0.2, 0.25) is 5.91 Å². The zero-order valence-corrected chi connectivity index (χ0v) is 13.4. The number of hydrogen-bond acceptors (Lipinski definition) is 3. The average Bonchev–Trinajstić information content (AvgIpc) is 2.47. The largest absolute Gasteiger partial charge is 0.340 e. The fourth-order valence-electron chi connectivity index (χ4n) is 2.69. The second kappa shape index (κ2) is 6.24. The van der Waals surface area contributed by atoms with Gasteiger partial charge >= 0.3 is 0 Å². The van der Waals surface area contributed by atoms with E-state index in [9.17, 15) is 4.79 Å². The molecule has 1 fully saturated rings. The second-order valence-corrected chi connectivity index (χ2v) is 6.62. The molecule has 4 nitrogen and oxygen atoms in total. The van der Waals surface area contributed by atoms with E-state index in [2.05, 4.69) is 15.9 Å². The van der Waals surface area contributed by atoms with Crippen LogP contribution in [0.2, 0.25) is 0 Å². The molecule has 1 aromatic carbocycles. The van der Waals surface area contributed by atoms with Gasteiger partial charge in [0.25, 0.3) is 0 Å². The number of likely N-dealkylation sites (tertiary alicyclic amines) is 1. The topological polar surface area (TPSA) is 72.4 Å². The molecule has 0 bridgehead atoms. The second-order valence-electron chi connectivity index (χ2n) is 5.70. The highest BCUT2D eigenvalue weighted by molar-refractivity contribution is 9.10. The summed E-state index contributed by atoms with van der Waals surface area (Å²) in [7, 11) is 0. The lowest BCUT2D eigenvalue weighted by Gasteiger charge is -2.37. The zero-order valence-electron chi connectivity index (χ0n) is 11.8. The average molecular weight is 340 g/mol. The first-order valence-electron chi connectivity index (χ1n) is 6.99. The molecule has 0 spiro atoms. The van der Waals surface area contributed by atoms with Gasteiger partial charge in [-0.25, -0.2) is 0 Å². The molecule has 4 N–H and O–H groups in total. The summed E-state index contributed by atoms with van der Waals surface area (Å²) in [6.45, 7) is 3.91. The maximum Gasteiger partial charge on any atom is 0.246 e. The Morgan fingerprint density at radius 2 is 2.10 bits per heavy atom. The quantitative estimate of drug-likeness (QED) is 0.882. The Labute approximate surface area is 128 Å². The Balaban J connectivity index is 2.16. The third kappa shape index (κ3) is 3.22. The van der Waals surface area contributed by atoms with E-state index in [-0.39, 0.29) is 5.91 Å². The van der Waals surface area contributed by atoms with E-state index in [4.69, 9.17) is 11.5 Å². The molecule has 0 aromatic heterocycles. The summed E-state index contributed by atoms with van der Waals surface area (Å²) >= 11 is 3.39. The summed E-state index contributed by atoms with van der Waals surface area (Å²) in [5, 5.41) is 0. The number of nitrogens with two attached hydrogens (primary N) is 2. The third-order valence-corrected chi connectivity index (χ3v) is 4.56. The van der Waals surface area contributed by atoms with E-state index >= 15 is 0 Å². The number of halogens is 1. The summed E-state index contributed by atoms with van der Waals surface area (Å²) in [6, 6.07) is 7.61. The molecule has 20 heavy (non-hydrogen) atoms. The van der Waals surface area contributed by atoms with Gasteiger partial charge in [0.05, 0.1) is 0 Å². The smallest absolute Gasteiger partial charge is 0.246 e. The summed E-state index contributed by atoms with van der Waals surface area (Å²) < 4.78 is 0.977. The number of rotatable bonds is 3. The molecular weight excluding hydrogens is 318 g/mol. The van der Waals surface area contributed by atoms with E-state index in [1.807, 2.05) is 29.2 Å². The van der Waals surface area contributed by atoms with E-state index in [0.29, 0.717) is 12.5 Å². The van der Waals surface area contributed by atoms with Gasteiger partial charge in [0, 0.05) is 17.6 Å². The van der Waals surface area contributed by atoms with Crippen molar-refractivity contribution < 1.29 is 4.79 Å². The highest BCUT2D eigenvalue weighted by Gasteiger charge is 2.36. The lowest BCUT2D eigenvalue weighted by Crippen LogP contribution is -2.54. The summed E-state index contributed by atoms with van der Waals surface area (Å²) in [6.07, 6.45) is 2.10. The van der Waals surface area contributed by atoms with Crippen LogP contribution in [-0.4, -0.2) is 30.4 Å². The molecule has 1 heterocycles. The molecule has 1 aromatic rings. The molecule has 0 saturated carbocycles. The molecule has 1 aliphatic rings. The number of carbonyl (C=O) groups excluding carboxylic acids is 1. The molecule has 2 atom stereocenters. The highest BCUT2D eigenvalue weighted by Crippen LogP contribution is 2.25. The number of carbonyl (C=O) groups is 1. The van der Waals surface area contributed by atoms with Crippen molar-refractivity contribution in [1.29, 1.82) is 0 Å².